The van der Waals surface area contributed by atoms with Crippen molar-refractivity contribution < 1.29 is 0 Å². The molecule has 0 spiro atoms. The van der Waals surface area contributed by atoms with Gasteiger partial charge in [0.05, 0.1) is 0 Å². The van der Waals surface area contributed by atoms with Gasteiger partial charge in [-0.25, -0.2) is 0 Å². The average molecular weight is 338 g/mol. The fourth-order valence-electron chi connectivity index (χ4n) is 4.78. The number of rotatable bonds is 6. The Labute approximate surface area is 149 Å². The zero-order chi connectivity index (χ0) is 16.8. The molecule has 3 rings (SSSR count). The first-order valence-corrected chi connectivity index (χ1v) is 10.2. The van der Waals surface area contributed by atoms with Gasteiger partial charge >= 0.3 is 0 Å². The molecule has 5 nitrogen and oxygen atoms in total. The van der Waals surface area contributed by atoms with Crippen molar-refractivity contribution in [3.63, 3.8) is 0 Å². The van der Waals surface area contributed by atoms with Gasteiger partial charge in [-0.3, -0.25) is 4.90 Å². The van der Waals surface area contributed by atoms with Crippen LogP contribution in [0.2, 0.25) is 0 Å². The van der Waals surface area contributed by atoms with Crippen molar-refractivity contribution in [2.45, 2.75) is 25.7 Å². The van der Waals surface area contributed by atoms with Gasteiger partial charge in [-0.15, -0.1) is 0 Å². The van der Waals surface area contributed by atoms with E-state index < -0.39 is 0 Å². The van der Waals surface area contributed by atoms with Gasteiger partial charge in [-0.05, 0) is 71.2 Å². The number of likely N-dealkylation sites (tertiary alicyclic amines) is 2. The van der Waals surface area contributed by atoms with Gasteiger partial charge < -0.3 is 20.0 Å². The van der Waals surface area contributed by atoms with E-state index >= 15 is 0 Å². The van der Waals surface area contributed by atoms with Gasteiger partial charge in [0.1, 0.15) is 0 Å². The van der Waals surface area contributed by atoms with Crippen molar-refractivity contribution in [2.75, 3.05) is 86.2 Å². The summed E-state index contributed by atoms with van der Waals surface area (Å²) in [7, 11) is 4.31. The number of hydrogen-bond acceptors (Lipinski definition) is 5. The number of nitrogens with one attached hydrogen (secondary N) is 1. The maximum absolute atomic E-state index is 3.31. The van der Waals surface area contributed by atoms with Crippen LogP contribution in [-0.2, 0) is 0 Å². The molecule has 0 aromatic rings. The molecule has 3 heterocycles. The van der Waals surface area contributed by atoms with E-state index in [-0.39, 0.29) is 0 Å². The second kappa shape index (κ2) is 9.48. The first-order valence-electron chi connectivity index (χ1n) is 10.2. The molecule has 3 saturated heterocycles. The zero-order valence-corrected chi connectivity index (χ0v) is 16.1. The summed E-state index contributed by atoms with van der Waals surface area (Å²) in [5.74, 6) is 1.83. The molecule has 0 bridgehead atoms. The highest BCUT2D eigenvalue weighted by Crippen LogP contribution is 2.23. The first-order chi connectivity index (χ1) is 11.7. The molecule has 0 saturated carbocycles. The Morgan fingerprint density at radius 2 is 1.42 bits per heavy atom. The Balaban J connectivity index is 1.33. The molecule has 0 radical (unpaired) electrons. The van der Waals surface area contributed by atoms with Gasteiger partial charge in [0.2, 0.25) is 0 Å². The fourth-order valence-corrected chi connectivity index (χ4v) is 4.78. The third-order valence-corrected chi connectivity index (χ3v) is 6.32. The molecule has 3 aliphatic heterocycles. The van der Waals surface area contributed by atoms with Crippen molar-refractivity contribution in [1.29, 1.82) is 0 Å². The third kappa shape index (κ3) is 5.67. The van der Waals surface area contributed by atoms with E-state index in [1.807, 2.05) is 0 Å². The maximum atomic E-state index is 3.31. The van der Waals surface area contributed by atoms with E-state index in [2.05, 4.69) is 39.0 Å². The highest BCUT2D eigenvalue weighted by atomic mass is 15.3. The summed E-state index contributed by atoms with van der Waals surface area (Å²) in [6.07, 6.45) is 5.65. The van der Waals surface area contributed by atoms with Crippen LogP contribution in [0.15, 0.2) is 0 Å². The summed E-state index contributed by atoms with van der Waals surface area (Å²) in [6, 6.07) is 0. The topological polar surface area (TPSA) is 25.0 Å². The summed E-state index contributed by atoms with van der Waals surface area (Å²) in [4.78, 5) is 10.5. The monoisotopic (exact) mass is 337 g/mol. The van der Waals surface area contributed by atoms with E-state index in [1.54, 1.807) is 0 Å². The van der Waals surface area contributed by atoms with Gasteiger partial charge in [0.25, 0.3) is 0 Å². The second-order valence-corrected chi connectivity index (χ2v) is 8.44. The normalized spacial score (nSPS) is 30.0. The van der Waals surface area contributed by atoms with Crippen LogP contribution >= 0.6 is 0 Å². The average Bonchev–Trinajstić information content (AvgIpc) is 2.59. The van der Waals surface area contributed by atoms with E-state index in [0.717, 1.165) is 18.5 Å². The first kappa shape index (κ1) is 18.6. The Bertz CT molecular complexity index is 346. The molecule has 1 N–H and O–H groups in total. The van der Waals surface area contributed by atoms with Gasteiger partial charge in [0.15, 0.2) is 0 Å². The molecule has 3 fully saturated rings. The van der Waals surface area contributed by atoms with E-state index in [4.69, 9.17) is 0 Å². The fraction of sp³-hybridized carbons (Fsp3) is 1.00. The number of likely N-dealkylation sites (N-methyl/N-ethyl adjacent to an activating group) is 1. The zero-order valence-electron chi connectivity index (χ0n) is 16.1. The Hall–Kier alpha value is -0.200. The molecule has 24 heavy (non-hydrogen) atoms. The predicted molar refractivity (Wildman–Crippen MR) is 101 cm³/mol. The maximum Gasteiger partial charge on any atom is 0.0478 e. The van der Waals surface area contributed by atoms with Gasteiger partial charge in [-0.2, -0.15) is 0 Å². The van der Waals surface area contributed by atoms with Gasteiger partial charge in [0, 0.05) is 52.5 Å². The molecule has 0 aliphatic carbocycles. The summed E-state index contributed by atoms with van der Waals surface area (Å²) < 4.78 is 0. The van der Waals surface area contributed by atoms with E-state index in [0.29, 0.717) is 0 Å². The van der Waals surface area contributed by atoms with Crippen LogP contribution in [0.5, 0.6) is 0 Å². The lowest BCUT2D eigenvalue weighted by atomic mass is 9.93. The van der Waals surface area contributed by atoms with Gasteiger partial charge in [-0.1, -0.05) is 0 Å². The van der Waals surface area contributed by atoms with Crippen LogP contribution in [0.4, 0.5) is 0 Å². The lowest BCUT2D eigenvalue weighted by Crippen LogP contribution is -2.48. The second-order valence-electron chi connectivity index (χ2n) is 8.44. The van der Waals surface area contributed by atoms with Crippen LogP contribution in [0.3, 0.4) is 0 Å². The van der Waals surface area contributed by atoms with Crippen LogP contribution in [0, 0.1) is 11.8 Å². The van der Waals surface area contributed by atoms with Crippen molar-refractivity contribution in [2.24, 2.45) is 11.8 Å². The number of nitrogens with zero attached hydrogens (tertiary/aromatic N) is 4. The lowest BCUT2D eigenvalue weighted by Gasteiger charge is -2.40. The molecular formula is C19H39N5. The Morgan fingerprint density at radius 3 is 2.12 bits per heavy atom. The Morgan fingerprint density at radius 1 is 0.750 bits per heavy atom. The summed E-state index contributed by atoms with van der Waals surface area (Å²) in [6.45, 7) is 14.0. The largest absolute Gasteiger partial charge is 0.307 e. The standard InChI is InChI=1S/C19H39N5/c1-20-17-24-7-3-4-19(16-24)15-22-8-5-18(6-9-22)14-23-12-10-21(2)11-13-23/h18-20H,3-17H2,1-2H3. The Kier molecular flexibility index (Phi) is 7.35. The minimum atomic E-state index is 0.890. The highest BCUT2D eigenvalue weighted by Gasteiger charge is 2.26. The molecule has 140 valence electrons. The molecular weight excluding hydrogens is 298 g/mol. The molecule has 1 atom stereocenters. The SMILES string of the molecule is CNCN1CCCC(CN2CCC(CN3CCN(C)CC3)CC2)C1. The van der Waals surface area contributed by atoms with Crippen molar-refractivity contribution >= 4 is 0 Å². The van der Waals surface area contributed by atoms with Crippen LogP contribution in [0.1, 0.15) is 25.7 Å². The number of piperidine rings is 2. The number of hydrogen-bond donors (Lipinski definition) is 1. The highest BCUT2D eigenvalue weighted by molar-refractivity contribution is 4.81. The predicted octanol–water partition coefficient (Wildman–Crippen LogP) is 0.835. The third-order valence-electron chi connectivity index (χ3n) is 6.32. The quantitative estimate of drug-likeness (QED) is 0.774. The van der Waals surface area contributed by atoms with Crippen molar-refractivity contribution in [3.05, 3.63) is 0 Å². The van der Waals surface area contributed by atoms with E-state index in [1.165, 1.54) is 91.1 Å². The number of piperazine rings is 1. The van der Waals surface area contributed by atoms with E-state index in [9.17, 15) is 0 Å². The smallest absolute Gasteiger partial charge is 0.0478 e. The molecule has 3 aliphatic rings. The summed E-state index contributed by atoms with van der Waals surface area (Å²) in [5.41, 5.74) is 0. The van der Waals surface area contributed by atoms with Crippen LogP contribution < -0.4 is 5.32 Å². The summed E-state index contributed by atoms with van der Waals surface area (Å²) in [5, 5.41) is 3.31. The lowest BCUT2D eigenvalue weighted by molar-refractivity contribution is 0.0848. The molecule has 0 aromatic carbocycles. The molecule has 0 aromatic heterocycles. The minimum absolute atomic E-state index is 0.890. The van der Waals surface area contributed by atoms with Crippen molar-refractivity contribution in [1.82, 2.24) is 24.9 Å². The van der Waals surface area contributed by atoms with Crippen molar-refractivity contribution in [3.8, 4) is 0 Å². The van der Waals surface area contributed by atoms with Crippen LogP contribution in [-0.4, -0.2) is 106 Å². The summed E-state index contributed by atoms with van der Waals surface area (Å²) >= 11 is 0. The molecule has 1 unspecified atom stereocenters. The minimum Gasteiger partial charge on any atom is -0.307 e. The van der Waals surface area contributed by atoms with Crippen LogP contribution in [0.25, 0.3) is 0 Å². The molecule has 5 heteroatoms. The molecule has 0 amide bonds.